The lowest BCUT2D eigenvalue weighted by Crippen LogP contribution is -2.16. The van der Waals surface area contributed by atoms with E-state index in [9.17, 15) is 4.39 Å². The highest BCUT2D eigenvalue weighted by molar-refractivity contribution is 6.31. The molecule has 0 aliphatic carbocycles. The fourth-order valence-corrected chi connectivity index (χ4v) is 1.07. The van der Waals surface area contributed by atoms with Crippen molar-refractivity contribution in [2.45, 2.75) is 13.0 Å². The van der Waals surface area contributed by atoms with Crippen molar-refractivity contribution in [3.8, 4) is 0 Å². The highest BCUT2D eigenvalue weighted by Crippen LogP contribution is 2.21. The molecule has 0 aliphatic rings. The summed E-state index contributed by atoms with van der Waals surface area (Å²) in [5.41, 5.74) is 0.313. The minimum Gasteiger partial charge on any atom is -0.392 e. The number of rotatable bonds is 3. The number of aliphatic hydroxyl groups is 1. The predicted molar refractivity (Wildman–Crippen MR) is 51.6 cm³/mol. The molecule has 0 saturated carbocycles. The van der Waals surface area contributed by atoms with Crippen LogP contribution in [0.4, 0.5) is 10.1 Å². The quantitative estimate of drug-likeness (QED) is 0.790. The van der Waals surface area contributed by atoms with Gasteiger partial charge in [0.25, 0.3) is 0 Å². The van der Waals surface area contributed by atoms with E-state index in [0.717, 1.165) is 0 Å². The Labute approximate surface area is 81.3 Å². The van der Waals surface area contributed by atoms with Crippen molar-refractivity contribution < 1.29 is 9.50 Å². The van der Waals surface area contributed by atoms with Gasteiger partial charge in [0.05, 0.1) is 16.8 Å². The minimum atomic E-state index is -0.515. The van der Waals surface area contributed by atoms with Crippen LogP contribution in [-0.2, 0) is 0 Å². The fraction of sp³-hybridized carbons (Fsp3) is 0.333. The van der Waals surface area contributed by atoms with Gasteiger partial charge < -0.3 is 10.4 Å². The normalized spacial score (nSPS) is 12.6. The summed E-state index contributed by atoms with van der Waals surface area (Å²) in [5.74, 6) is -0.482. The van der Waals surface area contributed by atoms with E-state index in [1.165, 1.54) is 6.07 Å². The molecule has 0 saturated heterocycles. The van der Waals surface area contributed by atoms with Crippen molar-refractivity contribution in [2.24, 2.45) is 0 Å². The maximum absolute atomic E-state index is 13.2. The van der Waals surface area contributed by atoms with Gasteiger partial charge in [0, 0.05) is 6.54 Å². The van der Waals surface area contributed by atoms with Crippen molar-refractivity contribution in [1.29, 1.82) is 0 Å². The zero-order chi connectivity index (χ0) is 9.84. The van der Waals surface area contributed by atoms with Crippen LogP contribution in [0.5, 0.6) is 0 Å². The van der Waals surface area contributed by atoms with Crippen molar-refractivity contribution >= 4 is 17.3 Å². The van der Waals surface area contributed by atoms with Crippen LogP contribution in [0.15, 0.2) is 18.2 Å². The van der Waals surface area contributed by atoms with E-state index < -0.39 is 11.9 Å². The summed E-state index contributed by atoms with van der Waals surface area (Å²) >= 11 is 5.55. The molecule has 13 heavy (non-hydrogen) atoms. The van der Waals surface area contributed by atoms with Crippen molar-refractivity contribution in [3.63, 3.8) is 0 Å². The molecule has 0 spiro atoms. The average molecular weight is 204 g/mol. The van der Waals surface area contributed by atoms with Gasteiger partial charge in [-0.2, -0.15) is 0 Å². The molecule has 4 heteroatoms. The van der Waals surface area contributed by atoms with E-state index in [4.69, 9.17) is 16.7 Å². The first kappa shape index (κ1) is 10.3. The first-order chi connectivity index (χ1) is 6.11. The zero-order valence-corrected chi connectivity index (χ0v) is 7.98. The van der Waals surface area contributed by atoms with E-state index in [-0.39, 0.29) is 5.02 Å². The first-order valence-corrected chi connectivity index (χ1v) is 4.35. The Morgan fingerprint density at radius 3 is 2.92 bits per heavy atom. The van der Waals surface area contributed by atoms with Gasteiger partial charge in [0.2, 0.25) is 0 Å². The van der Waals surface area contributed by atoms with Crippen molar-refractivity contribution in [3.05, 3.63) is 29.0 Å². The number of nitrogens with one attached hydrogen (secondary N) is 1. The fourth-order valence-electron chi connectivity index (χ4n) is 0.898. The molecule has 2 N–H and O–H groups in total. The molecule has 0 heterocycles. The second kappa shape index (κ2) is 4.44. The predicted octanol–water partition coefficient (Wildman–Crippen LogP) is 2.27. The van der Waals surface area contributed by atoms with Crippen molar-refractivity contribution in [2.75, 3.05) is 11.9 Å². The molecule has 0 aliphatic heterocycles. The molecule has 0 fully saturated rings. The van der Waals surface area contributed by atoms with E-state index >= 15 is 0 Å². The maximum atomic E-state index is 13.2. The van der Waals surface area contributed by atoms with E-state index in [2.05, 4.69) is 5.32 Å². The van der Waals surface area contributed by atoms with Gasteiger partial charge in [-0.25, -0.2) is 4.39 Å². The molecule has 1 aromatic rings. The second-order valence-corrected chi connectivity index (χ2v) is 3.24. The third-order valence-corrected chi connectivity index (χ3v) is 1.83. The second-order valence-electron chi connectivity index (χ2n) is 2.83. The van der Waals surface area contributed by atoms with E-state index in [0.29, 0.717) is 12.2 Å². The Hall–Kier alpha value is -0.800. The molecule has 0 amide bonds. The smallest absolute Gasteiger partial charge is 0.164 e. The molecule has 1 unspecified atom stereocenters. The zero-order valence-electron chi connectivity index (χ0n) is 7.22. The summed E-state index contributed by atoms with van der Waals surface area (Å²) in [6.45, 7) is 1.92. The summed E-state index contributed by atoms with van der Waals surface area (Å²) in [6.07, 6.45) is -0.515. The monoisotopic (exact) mass is 203 g/mol. The maximum Gasteiger partial charge on any atom is 0.164 e. The van der Waals surface area contributed by atoms with Crippen LogP contribution < -0.4 is 5.32 Å². The molecule has 2 nitrogen and oxygen atoms in total. The van der Waals surface area contributed by atoms with Crippen LogP contribution >= 0.6 is 11.6 Å². The molecule has 1 aromatic carbocycles. The number of benzene rings is 1. The number of anilines is 1. The molecule has 0 aromatic heterocycles. The number of hydrogen-bond donors (Lipinski definition) is 2. The largest absolute Gasteiger partial charge is 0.392 e. The topological polar surface area (TPSA) is 32.3 Å². The average Bonchev–Trinajstić information content (AvgIpc) is 2.07. The third-order valence-electron chi connectivity index (χ3n) is 1.54. The van der Waals surface area contributed by atoms with Gasteiger partial charge >= 0.3 is 0 Å². The molecule has 0 radical (unpaired) electrons. The summed E-state index contributed by atoms with van der Waals surface area (Å²) < 4.78 is 13.2. The van der Waals surface area contributed by atoms with Crippen LogP contribution in [0, 0.1) is 5.82 Å². The van der Waals surface area contributed by atoms with E-state index in [1.54, 1.807) is 19.1 Å². The van der Waals surface area contributed by atoms with Gasteiger partial charge in [-0.1, -0.05) is 17.7 Å². The molecule has 72 valence electrons. The van der Waals surface area contributed by atoms with Crippen LogP contribution in [0.1, 0.15) is 6.92 Å². The van der Waals surface area contributed by atoms with Gasteiger partial charge in [-0.15, -0.1) is 0 Å². The van der Waals surface area contributed by atoms with Crippen molar-refractivity contribution in [1.82, 2.24) is 0 Å². The van der Waals surface area contributed by atoms with Gasteiger partial charge in [0.15, 0.2) is 5.82 Å². The lowest BCUT2D eigenvalue weighted by atomic mass is 10.3. The Morgan fingerprint density at radius 2 is 2.31 bits per heavy atom. The Kier molecular flexibility index (Phi) is 3.51. The molecular formula is C9H11ClFNO. The number of hydrogen-bond acceptors (Lipinski definition) is 2. The van der Waals surface area contributed by atoms with Crippen LogP contribution in [0.2, 0.25) is 5.02 Å². The highest BCUT2D eigenvalue weighted by Gasteiger charge is 2.05. The summed E-state index contributed by atoms with van der Waals surface area (Å²) in [5, 5.41) is 11.8. The molecule has 1 rings (SSSR count). The Morgan fingerprint density at radius 1 is 1.62 bits per heavy atom. The lowest BCUT2D eigenvalue weighted by molar-refractivity contribution is 0.208. The third kappa shape index (κ3) is 2.86. The van der Waals surface area contributed by atoms with Crippen LogP contribution in [-0.4, -0.2) is 17.8 Å². The highest BCUT2D eigenvalue weighted by atomic mass is 35.5. The Balaban J connectivity index is 2.71. The standard InChI is InChI=1S/C9H11ClFNO/c1-6(13)5-12-8-4-2-3-7(10)9(8)11/h2-4,6,12-13H,5H2,1H3. The lowest BCUT2D eigenvalue weighted by Gasteiger charge is -2.09. The summed E-state index contributed by atoms with van der Waals surface area (Å²) in [7, 11) is 0. The Bertz CT molecular complexity index is 291. The SMILES string of the molecule is CC(O)CNc1cccc(Cl)c1F. The molecular weight excluding hydrogens is 193 g/mol. The van der Waals surface area contributed by atoms with Crippen LogP contribution in [0.25, 0.3) is 0 Å². The minimum absolute atomic E-state index is 0.0793. The van der Waals surface area contributed by atoms with Gasteiger partial charge in [-0.3, -0.25) is 0 Å². The van der Waals surface area contributed by atoms with Gasteiger partial charge in [-0.05, 0) is 19.1 Å². The molecule has 0 bridgehead atoms. The number of halogens is 2. The molecule has 1 atom stereocenters. The summed E-state index contributed by atoms with van der Waals surface area (Å²) in [4.78, 5) is 0. The number of aliphatic hydroxyl groups excluding tert-OH is 1. The van der Waals surface area contributed by atoms with Gasteiger partial charge in [0.1, 0.15) is 0 Å². The van der Waals surface area contributed by atoms with Crippen LogP contribution in [0.3, 0.4) is 0 Å². The van der Waals surface area contributed by atoms with E-state index in [1.807, 2.05) is 0 Å². The first-order valence-electron chi connectivity index (χ1n) is 3.97. The summed E-state index contributed by atoms with van der Waals surface area (Å²) in [6, 6.07) is 4.70.